The third-order valence-electron chi connectivity index (χ3n) is 6.11. The first-order chi connectivity index (χ1) is 9.11. The Kier molecular flexibility index (Phi) is 2.45. The zero-order valence-corrected chi connectivity index (χ0v) is 11.0. The van der Waals surface area contributed by atoms with Gasteiger partial charge in [0.05, 0.1) is 5.92 Å². The topological polar surface area (TPSA) is 66.4 Å². The molecule has 4 saturated carbocycles. The van der Waals surface area contributed by atoms with Gasteiger partial charge in [0, 0.05) is 12.0 Å². The maximum atomic E-state index is 12.2. The summed E-state index contributed by atoms with van der Waals surface area (Å²) in [6, 6.07) is 0.263. The summed E-state index contributed by atoms with van der Waals surface area (Å²) >= 11 is 0. The van der Waals surface area contributed by atoms with E-state index in [2.05, 4.69) is 5.32 Å². The van der Waals surface area contributed by atoms with Crippen molar-refractivity contribution >= 4 is 11.9 Å². The van der Waals surface area contributed by atoms with Gasteiger partial charge in [0.25, 0.3) is 0 Å². The Hall–Kier alpha value is -1.06. The number of amides is 1. The highest BCUT2D eigenvalue weighted by Crippen LogP contribution is 2.55. The molecule has 0 saturated heterocycles. The molecule has 0 radical (unpaired) electrons. The van der Waals surface area contributed by atoms with Gasteiger partial charge in [-0.2, -0.15) is 0 Å². The molecule has 0 spiro atoms. The Balaban J connectivity index is 1.30. The van der Waals surface area contributed by atoms with E-state index in [0.29, 0.717) is 11.8 Å². The second-order valence-corrected chi connectivity index (χ2v) is 7.21. The van der Waals surface area contributed by atoms with Gasteiger partial charge in [0.15, 0.2) is 0 Å². The third kappa shape index (κ3) is 1.87. The van der Waals surface area contributed by atoms with Crippen molar-refractivity contribution in [1.82, 2.24) is 5.32 Å². The SMILES string of the molecule is O=C(O)C1C[C@@H]2C[C@@H](NC(=O)C3C[C@@H]4C[C@@H]4C3)[C@@H]2C1. The molecule has 1 amide bonds. The van der Waals surface area contributed by atoms with Crippen LogP contribution in [0.4, 0.5) is 0 Å². The number of hydrogen-bond donors (Lipinski definition) is 2. The summed E-state index contributed by atoms with van der Waals surface area (Å²) in [5.74, 6) is 2.32. The highest BCUT2D eigenvalue weighted by molar-refractivity contribution is 5.79. The third-order valence-corrected chi connectivity index (χ3v) is 6.11. The van der Waals surface area contributed by atoms with Crippen LogP contribution in [0.3, 0.4) is 0 Å². The van der Waals surface area contributed by atoms with Gasteiger partial charge in [0.1, 0.15) is 0 Å². The van der Waals surface area contributed by atoms with Gasteiger partial charge in [-0.05, 0) is 62.2 Å². The van der Waals surface area contributed by atoms with Crippen molar-refractivity contribution in [3.05, 3.63) is 0 Å². The molecule has 4 nitrogen and oxygen atoms in total. The molecule has 4 fully saturated rings. The van der Waals surface area contributed by atoms with E-state index in [1.54, 1.807) is 0 Å². The van der Waals surface area contributed by atoms with E-state index in [1.165, 1.54) is 6.42 Å². The molecule has 2 unspecified atom stereocenters. The molecule has 0 aromatic carbocycles. The largest absolute Gasteiger partial charge is 0.481 e. The van der Waals surface area contributed by atoms with E-state index >= 15 is 0 Å². The summed E-state index contributed by atoms with van der Waals surface area (Å²) in [7, 11) is 0. The Morgan fingerprint density at radius 1 is 0.842 bits per heavy atom. The Morgan fingerprint density at radius 2 is 1.53 bits per heavy atom. The lowest BCUT2D eigenvalue weighted by atomic mass is 9.71. The summed E-state index contributed by atoms with van der Waals surface area (Å²) in [4.78, 5) is 23.2. The summed E-state index contributed by atoms with van der Waals surface area (Å²) in [6.45, 7) is 0. The van der Waals surface area contributed by atoms with Gasteiger partial charge in [-0.1, -0.05) is 0 Å². The van der Waals surface area contributed by atoms with Crippen molar-refractivity contribution in [3.63, 3.8) is 0 Å². The van der Waals surface area contributed by atoms with Crippen molar-refractivity contribution in [2.24, 2.45) is 35.5 Å². The van der Waals surface area contributed by atoms with Gasteiger partial charge in [-0.3, -0.25) is 9.59 Å². The standard InChI is InChI=1S/C15H21NO3/c17-14(10-2-7-1-8(7)3-10)16-13-6-9-4-11(15(18)19)5-12(9)13/h7-13H,1-6H2,(H,16,17)(H,18,19)/t7-,8+,9-,10?,11?,12-,13-/m1/s1. The van der Waals surface area contributed by atoms with Crippen LogP contribution in [0.15, 0.2) is 0 Å². The van der Waals surface area contributed by atoms with Crippen LogP contribution in [0.1, 0.15) is 38.5 Å². The van der Waals surface area contributed by atoms with Crippen LogP contribution in [0.25, 0.3) is 0 Å². The Labute approximate surface area is 112 Å². The highest BCUT2D eigenvalue weighted by atomic mass is 16.4. The molecule has 0 aromatic rings. The number of carboxylic acid groups (broad SMARTS) is 1. The summed E-state index contributed by atoms with van der Waals surface area (Å²) < 4.78 is 0. The zero-order valence-electron chi connectivity index (χ0n) is 11.0. The molecule has 0 aliphatic heterocycles. The van der Waals surface area contributed by atoms with Crippen LogP contribution >= 0.6 is 0 Å². The fraction of sp³-hybridized carbons (Fsp3) is 0.867. The number of carbonyl (C=O) groups excluding carboxylic acids is 1. The monoisotopic (exact) mass is 263 g/mol. The second-order valence-electron chi connectivity index (χ2n) is 7.21. The summed E-state index contributed by atoms with van der Waals surface area (Å²) in [5, 5.41) is 12.3. The summed E-state index contributed by atoms with van der Waals surface area (Å²) in [5.41, 5.74) is 0. The van der Waals surface area contributed by atoms with Crippen molar-refractivity contribution in [1.29, 1.82) is 0 Å². The van der Waals surface area contributed by atoms with E-state index in [9.17, 15) is 9.59 Å². The van der Waals surface area contributed by atoms with Crippen LogP contribution in [0.2, 0.25) is 0 Å². The van der Waals surface area contributed by atoms with Crippen molar-refractivity contribution in [2.45, 2.75) is 44.6 Å². The van der Waals surface area contributed by atoms with Crippen molar-refractivity contribution in [3.8, 4) is 0 Å². The molecule has 0 aromatic heterocycles. The fourth-order valence-electron chi connectivity index (χ4n) is 4.82. The number of fused-ring (bicyclic) bond motifs is 2. The van der Waals surface area contributed by atoms with Gasteiger partial charge >= 0.3 is 5.97 Å². The number of nitrogens with one attached hydrogen (secondary N) is 1. The molecule has 4 aliphatic rings. The first kappa shape index (κ1) is 11.7. The predicted molar refractivity (Wildman–Crippen MR) is 68.2 cm³/mol. The van der Waals surface area contributed by atoms with Gasteiger partial charge in [-0.25, -0.2) is 0 Å². The van der Waals surface area contributed by atoms with Gasteiger partial charge in [0.2, 0.25) is 5.91 Å². The van der Waals surface area contributed by atoms with Crippen molar-refractivity contribution in [2.75, 3.05) is 0 Å². The second kappa shape index (κ2) is 3.97. The maximum absolute atomic E-state index is 12.2. The van der Waals surface area contributed by atoms with Crippen molar-refractivity contribution < 1.29 is 14.7 Å². The number of hydrogen-bond acceptors (Lipinski definition) is 2. The van der Waals surface area contributed by atoms with E-state index in [4.69, 9.17) is 5.11 Å². The Morgan fingerprint density at radius 3 is 2.21 bits per heavy atom. The molecule has 4 rings (SSSR count). The molecule has 0 bridgehead atoms. The van der Waals surface area contributed by atoms with Crippen LogP contribution in [0, 0.1) is 35.5 Å². The lowest BCUT2D eigenvalue weighted by molar-refractivity contribution is -0.141. The molecule has 2 N–H and O–H groups in total. The minimum atomic E-state index is -0.657. The number of carboxylic acids is 1. The fourth-order valence-corrected chi connectivity index (χ4v) is 4.82. The molecular weight excluding hydrogens is 242 g/mol. The van der Waals surface area contributed by atoms with Crippen LogP contribution in [0.5, 0.6) is 0 Å². The van der Waals surface area contributed by atoms with E-state index in [1.807, 2.05) is 0 Å². The van der Waals surface area contributed by atoms with Crippen LogP contribution < -0.4 is 5.32 Å². The summed E-state index contributed by atoms with van der Waals surface area (Å²) in [6.07, 6.45) is 6.11. The van der Waals surface area contributed by atoms with E-state index in [0.717, 1.165) is 43.9 Å². The molecular formula is C15H21NO3. The molecule has 104 valence electrons. The molecule has 19 heavy (non-hydrogen) atoms. The maximum Gasteiger partial charge on any atom is 0.306 e. The predicted octanol–water partition coefficient (Wildman–Crippen LogP) is 1.65. The lowest BCUT2D eigenvalue weighted by Crippen LogP contribution is -2.51. The molecule has 0 heterocycles. The van der Waals surface area contributed by atoms with Gasteiger partial charge < -0.3 is 10.4 Å². The lowest BCUT2D eigenvalue weighted by Gasteiger charge is -2.41. The first-order valence-corrected chi connectivity index (χ1v) is 7.65. The normalized spacial score (nSPS) is 50.0. The minimum Gasteiger partial charge on any atom is -0.481 e. The van der Waals surface area contributed by atoms with E-state index in [-0.39, 0.29) is 23.8 Å². The smallest absolute Gasteiger partial charge is 0.306 e. The van der Waals surface area contributed by atoms with Crippen LogP contribution in [-0.4, -0.2) is 23.0 Å². The highest BCUT2D eigenvalue weighted by Gasteiger charge is 2.52. The van der Waals surface area contributed by atoms with Crippen LogP contribution in [-0.2, 0) is 9.59 Å². The molecule has 4 heteroatoms. The average molecular weight is 263 g/mol. The number of rotatable bonds is 3. The zero-order chi connectivity index (χ0) is 13.1. The number of carbonyl (C=O) groups is 2. The Bertz CT molecular complexity index is 425. The average Bonchev–Trinajstić information content (AvgIpc) is 2.82. The molecule has 7 atom stereocenters. The number of aliphatic carboxylic acids is 1. The quantitative estimate of drug-likeness (QED) is 0.813. The first-order valence-electron chi connectivity index (χ1n) is 7.65. The van der Waals surface area contributed by atoms with E-state index < -0.39 is 5.97 Å². The van der Waals surface area contributed by atoms with Gasteiger partial charge in [-0.15, -0.1) is 0 Å². The minimum absolute atomic E-state index is 0.170. The molecule has 4 aliphatic carbocycles.